The number of rotatable bonds is 5. The number of halogens is 4. The van der Waals surface area contributed by atoms with E-state index in [9.17, 15) is 17.6 Å². The maximum Gasteiger partial charge on any atom is 0.416 e. The highest BCUT2D eigenvalue weighted by molar-refractivity contribution is 5.27. The number of hydrogen-bond donors (Lipinski definition) is 0. The first-order chi connectivity index (χ1) is 13.9. The lowest BCUT2D eigenvalue weighted by Gasteiger charge is -2.38. The molecule has 0 saturated heterocycles. The van der Waals surface area contributed by atoms with Gasteiger partial charge in [-0.3, -0.25) is 0 Å². The van der Waals surface area contributed by atoms with E-state index in [4.69, 9.17) is 5.26 Å². The van der Waals surface area contributed by atoms with E-state index in [1.807, 2.05) is 0 Å². The highest BCUT2D eigenvalue weighted by Gasteiger charge is 2.32. The topological polar surface area (TPSA) is 23.8 Å². The largest absolute Gasteiger partial charge is 0.416 e. The zero-order valence-electron chi connectivity index (χ0n) is 16.7. The van der Waals surface area contributed by atoms with Gasteiger partial charge in [-0.05, 0) is 98.8 Å². The van der Waals surface area contributed by atoms with Crippen molar-refractivity contribution in [3.63, 3.8) is 0 Å². The highest BCUT2D eigenvalue weighted by Crippen LogP contribution is 2.44. The highest BCUT2D eigenvalue weighted by atomic mass is 19.4. The third-order valence-corrected chi connectivity index (χ3v) is 7.04. The number of nitrogens with zero attached hydrogens (tertiary/aromatic N) is 1. The van der Waals surface area contributed by atoms with Gasteiger partial charge in [0, 0.05) is 0 Å². The minimum atomic E-state index is -4.27. The van der Waals surface area contributed by atoms with Crippen LogP contribution < -0.4 is 0 Å². The molecule has 5 heteroatoms. The molecule has 0 aliphatic heterocycles. The Morgan fingerprint density at radius 1 is 0.931 bits per heavy atom. The average Bonchev–Trinajstić information content (AvgIpc) is 2.74. The Morgan fingerprint density at radius 3 is 2.00 bits per heavy atom. The molecule has 0 spiro atoms. The molecule has 0 radical (unpaired) electrons. The van der Waals surface area contributed by atoms with Gasteiger partial charge in [0.2, 0.25) is 0 Å². The number of hydrogen-bond acceptors (Lipinski definition) is 1. The Bertz CT molecular complexity index is 713. The van der Waals surface area contributed by atoms with Crippen molar-refractivity contribution in [2.24, 2.45) is 17.8 Å². The molecule has 3 rings (SSSR count). The monoisotopic (exact) mass is 407 g/mol. The summed E-state index contributed by atoms with van der Waals surface area (Å²) >= 11 is 0. The first-order valence-corrected chi connectivity index (χ1v) is 10.8. The molecule has 2 fully saturated rings. The van der Waals surface area contributed by atoms with Crippen LogP contribution in [0.2, 0.25) is 0 Å². The molecule has 158 valence electrons. The van der Waals surface area contributed by atoms with E-state index in [1.54, 1.807) is 12.1 Å². The summed E-state index contributed by atoms with van der Waals surface area (Å²) in [6.07, 6.45) is 8.02. The van der Waals surface area contributed by atoms with Gasteiger partial charge in [-0.15, -0.1) is 0 Å². The van der Waals surface area contributed by atoms with Crippen LogP contribution in [0.5, 0.6) is 0 Å². The van der Waals surface area contributed by atoms with Gasteiger partial charge in [0.05, 0.1) is 5.56 Å². The molecule has 0 amide bonds. The van der Waals surface area contributed by atoms with Gasteiger partial charge in [-0.25, -0.2) is 0 Å². The Balaban J connectivity index is 1.42. The molecular formula is C24H29F4N. The number of alkyl halides is 3. The summed E-state index contributed by atoms with van der Waals surface area (Å²) in [4.78, 5) is 0. The smallest absolute Gasteiger partial charge is 0.195 e. The Hall–Kier alpha value is -1.83. The van der Waals surface area contributed by atoms with Gasteiger partial charge in [-0.2, -0.15) is 22.8 Å². The van der Waals surface area contributed by atoms with E-state index in [2.05, 4.69) is 0 Å². The maximum atomic E-state index is 12.9. The van der Waals surface area contributed by atoms with Gasteiger partial charge in [0.15, 0.2) is 5.83 Å². The zero-order chi connectivity index (χ0) is 20.9. The van der Waals surface area contributed by atoms with Crippen molar-refractivity contribution in [3.8, 4) is 6.07 Å². The quantitative estimate of drug-likeness (QED) is 0.359. The first kappa shape index (κ1) is 21.9. The molecule has 0 N–H and O–H groups in total. The predicted octanol–water partition coefficient (Wildman–Crippen LogP) is 7.94. The molecule has 1 aromatic rings. The fourth-order valence-electron chi connectivity index (χ4n) is 5.31. The predicted molar refractivity (Wildman–Crippen MR) is 106 cm³/mol. The molecule has 1 aromatic carbocycles. The van der Waals surface area contributed by atoms with Crippen LogP contribution in [0.1, 0.15) is 81.3 Å². The third kappa shape index (κ3) is 6.07. The molecular weight excluding hydrogens is 378 g/mol. The molecule has 0 heterocycles. The standard InChI is InChI=1S/C24H29F4N/c25-23(16-29)3-1-2-17-4-6-18(7-5-17)19-8-10-20(11-9-19)21-12-14-22(15-13-21)24(26,27)28/h3,12-15,17-20H,1-2,4-11H2. The van der Waals surface area contributed by atoms with Crippen LogP contribution in [0.25, 0.3) is 0 Å². The Morgan fingerprint density at radius 2 is 1.48 bits per heavy atom. The van der Waals surface area contributed by atoms with Crippen molar-refractivity contribution in [3.05, 3.63) is 47.3 Å². The molecule has 1 nitrogen and oxygen atoms in total. The molecule has 0 atom stereocenters. The van der Waals surface area contributed by atoms with Crippen LogP contribution in [0.4, 0.5) is 17.6 Å². The van der Waals surface area contributed by atoms with E-state index in [0.29, 0.717) is 18.3 Å². The van der Waals surface area contributed by atoms with Gasteiger partial charge >= 0.3 is 6.18 Å². The lowest BCUT2D eigenvalue weighted by molar-refractivity contribution is -0.137. The van der Waals surface area contributed by atoms with E-state index < -0.39 is 17.6 Å². The second-order valence-corrected chi connectivity index (χ2v) is 8.75. The van der Waals surface area contributed by atoms with Crippen LogP contribution in [-0.4, -0.2) is 0 Å². The summed E-state index contributed by atoms with van der Waals surface area (Å²) in [5.74, 6) is 1.83. The fourth-order valence-corrected chi connectivity index (χ4v) is 5.31. The lowest BCUT2D eigenvalue weighted by atomic mass is 9.68. The van der Waals surface area contributed by atoms with Gasteiger partial charge < -0.3 is 0 Å². The van der Waals surface area contributed by atoms with Crippen molar-refractivity contribution >= 4 is 0 Å². The van der Waals surface area contributed by atoms with Gasteiger partial charge in [0.25, 0.3) is 0 Å². The minimum Gasteiger partial charge on any atom is -0.195 e. The SMILES string of the molecule is N#CC(F)=CCCC1CCC(C2CCC(c3ccc(C(F)(F)F)cc3)CC2)CC1. The summed E-state index contributed by atoms with van der Waals surface area (Å²) < 4.78 is 51.1. The summed E-state index contributed by atoms with van der Waals surface area (Å²) in [5, 5.41) is 8.45. The average molecular weight is 407 g/mol. The zero-order valence-corrected chi connectivity index (χ0v) is 16.7. The van der Waals surface area contributed by atoms with Gasteiger partial charge in [0.1, 0.15) is 6.07 Å². The third-order valence-electron chi connectivity index (χ3n) is 7.04. The Labute approximate surface area is 170 Å². The van der Waals surface area contributed by atoms with Gasteiger partial charge in [-0.1, -0.05) is 25.0 Å². The van der Waals surface area contributed by atoms with E-state index in [1.165, 1.54) is 50.0 Å². The van der Waals surface area contributed by atoms with E-state index >= 15 is 0 Å². The first-order valence-electron chi connectivity index (χ1n) is 10.8. The summed E-state index contributed by atoms with van der Waals surface area (Å²) in [6, 6.07) is 7.25. The van der Waals surface area contributed by atoms with Crippen LogP contribution in [-0.2, 0) is 6.18 Å². The minimum absolute atomic E-state index is 0.381. The molecule has 2 aliphatic carbocycles. The molecule has 29 heavy (non-hydrogen) atoms. The second kappa shape index (κ2) is 9.78. The number of nitriles is 1. The second-order valence-electron chi connectivity index (χ2n) is 8.75. The molecule has 0 bridgehead atoms. The van der Waals surface area contributed by atoms with Crippen molar-refractivity contribution in [2.45, 2.75) is 76.3 Å². The lowest BCUT2D eigenvalue weighted by Crippen LogP contribution is -2.25. The van der Waals surface area contributed by atoms with Crippen molar-refractivity contribution in [2.75, 3.05) is 0 Å². The summed E-state index contributed by atoms with van der Waals surface area (Å²) in [6.45, 7) is 0. The molecule has 2 aliphatic rings. The van der Waals surface area contributed by atoms with Crippen LogP contribution in [0, 0.1) is 29.1 Å². The molecule has 0 unspecified atom stereocenters. The van der Waals surface area contributed by atoms with Crippen molar-refractivity contribution in [1.82, 2.24) is 0 Å². The Kier molecular flexibility index (Phi) is 7.38. The fraction of sp³-hybridized carbons (Fsp3) is 0.625. The van der Waals surface area contributed by atoms with Crippen molar-refractivity contribution in [1.29, 1.82) is 5.26 Å². The van der Waals surface area contributed by atoms with Crippen LogP contribution in [0.15, 0.2) is 36.2 Å². The van der Waals surface area contributed by atoms with Crippen LogP contribution >= 0.6 is 0 Å². The molecule has 0 aromatic heterocycles. The van der Waals surface area contributed by atoms with Crippen molar-refractivity contribution < 1.29 is 17.6 Å². The number of allylic oxidation sites excluding steroid dienone is 2. The normalized spacial score (nSPS) is 28.7. The summed E-state index contributed by atoms with van der Waals surface area (Å²) in [7, 11) is 0. The van der Waals surface area contributed by atoms with E-state index in [-0.39, 0.29) is 0 Å². The molecule has 2 saturated carbocycles. The summed E-state index contributed by atoms with van der Waals surface area (Å²) in [5.41, 5.74) is 0.468. The van der Waals surface area contributed by atoms with Crippen LogP contribution in [0.3, 0.4) is 0 Å². The van der Waals surface area contributed by atoms with E-state index in [0.717, 1.165) is 49.5 Å². The number of benzene rings is 1. The maximum absolute atomic E-state index is 12.9.